The van der Waals surface area contributed by atoms with E-state index in [1.807, 2.05) is 18.2 Å². The predicted molar refractivity (Wildman–Crippen MR) is 98.5 cm³/mol. The van der Waals surface area contributed by atoms with E-state index in [2.05, 4.69) is 32.6 Å². The Morgan fingerprint density at radius 1 is 1.00 bits per heavy atom. The number of para-hydroxylation sites is 1. The Balaban J connectivity index is 1.37. The first-order chi connectivity index (χ1) is 12.6. The van der Waals surface area contributed by atoms with Crippen molar-refractivity contribution in [1.82, 2.24) is 10.2 Å². The molecule has 7 heteroatoms. The molecule has 0 radical (unpaired) electrons. The zero-order valence-corrected chi connectivity index (χ0v) is 14.4. The van der Waals surface area contributed by atoms with E-state index in [0.717, 1.165) is 44.9 Å². The van der Waals surface area contributed by atoms with Crippen LogP contribution in [0.5, 0.6) is 0 Å². The highest BCUT2D eigenvalue weighted by Crippen LogP contribution is 2.16. The number of benzene rings is 2. The lowest BCUT2D eigenvalue weighted by molar-refractivity contribution is 0.240. The first kappa shape index (κ1) is 18.1. The summed E-state index contributed by atoms with van der Waals surface area (Å²) in [5, 5.41) is 5.08. The van der Waals surface area contributed by atoms with E-state index >= 15 is 0 Å². The van der Waals surface area contributed by atoms with Crippen LogP contribution in [-0.4, -0.2) is 50.2 Å². The number of piperazine rings is 1. The Bertz CT molecular complexity index is 734. The standard InChI is InChI=1S/C19H22F2N4O/c20-15-6-7-18(17(21)14-15)23-19(26)22-8-9-24-10-12-25(13-11-24)16-4-2-1-3-5-16/h1-7,14H,8-13H2,(H2,22,23,26). The fraction of sp³-hybridized carbons (Fsp3) is 0.316. The number of anilines is 2. The van der Waals surface area contributed by atoms with Crippen LogP contribution in [0.15, 0.2) is 48.5 Å². The lowest BCUT2D eigenvalue weighted by Gasteiger charge is -2.36. The molecule has 0 unspecified atom stereocenters. The Hall–Kier alpha value is -2.67. The molecule has 0 saturated carbocycles. The minimum atomic E-state index is -0.794. The van der Waals surface area contributed by atoms with Crippen LogP contribution in [0.25, 0.3) is 0 Å². The van der Waals surface area contributed by atoms with Gasteiger partial charge in [0.05, 0.1) is 5.69 Å². The summed E-state index contributed by atoms with van der Waals surface area (Å²) in [7, 11) is 0. The first-order valence-corrected chi connectivity index (χ1v) is 8.64. The predicted octanol–water partition coefficient (Wildman–Crippen LogP) is 2.91. The monoisotopic (exact) mass is 360 g/mol. The van der Waals surface area contributed by atoms with Crippen LogP contribution in [0, 0.1) is 11.6 Å². The van der Waals surface area contributed by atoms with Gasteiger partial charge in [0.2, 0.25) is 0 Å². The number of amides is 2. The molecule has 0 spiro atoms. The maximum absolute atomic E-state index is 13.5. The number of urea groups is 1. The van der Waals surface area contributed by atoms with Gasteiger partial charge in [-0.3, -0.25) is 4.90 Å². The third-order valence-electron chi connectivity index (χ3n) is 4.39. The van der Waals surface area contributed by atoms with Gasteiger partial charge >= 0.3 is 6.03 Å². The van der Waals surface area contributed by atoms with Gasteiger partial charge in [-0.25, -0.2) is 13.6 Å². The molecule has 0 bridgehead atoms. The molecule has 1 aliphatic heterocycles. The van der Waals surface area contributed by atoms with Crippen LogP contribution in [0.2, 0.25) is 0 Å². The van der Waals surface area contributed by atoms with Gasteiger partial charge in [-0.05, 0) is 24.3 Å². The molecule has 1 fully saturated rings. The first-order valence-electron chi connectivity index (χ1n) is 8.64. The van der Waals surface area contributed by atoms with Gasteiger partial charge in [0.15, 0.2) is 0 Å². The number of nitrogens with one attached hydrogen (secondary N) is 2. The van der Waals surface area contributed by atoms with E-state index in [1.54, 1.807) is 0 Å². The molecule has 2 aromatic rings. The van der Waals surface area contributed by atoms with Crippen molar-refractivity contribution < 1.29 is 13.6 Å². The fourth-order valence-electron chi connectivity index (χ4n) is 2.95. The summed E-state index contributed by atoms with van der Waals surface area (Å²) < 4.78 is 26.4. The Labute approximate surface area is 151 Å². The zero-order valence-electron chi connectivity index (χ0n) is 14.4. The van der Waals surface area contributed by atoms with Crippen molar-refractivity contribution in [3.05, 3.63) is 60.2 Å². The van der Waals surface area contributed by atoms with Gasteiger partial charge < -0.3 is 15.5 Å². The van der Waals surface area contributed by atoms with Crippen LogP contribution in [0.1, 0.15) is 0 Å². The molecule has 2 N–H and O–H groups in total. The van der Waals surface area contributed by atoms with Gasteiger partial charge in [-0.15, -0.1) is 0 Å². The molecular formula is C19H22F2N4O. The summed E-state index contributed by atoms with van der Waals surface area (Å²) in [6.07, 6.45) is 0. The fourth-order valence-corrected chi connectivity index (χ4v) is 2.95. The summed E-state index contributed by atoms with van der Waals surface area (Å²) >= 11 is 0. The molecule has 138 valence electrons. The molecule has 1 heterocycles. The smallest absolute Gasteiger partial charge is 0.319 e. The van der Waals surface area contributed by atoms with Crippen LogP contribution >= 0.6 is 0 Å². The molecular weight excluding hydrogens is 338 g/mol. The maximum Gasteiger partial charge on any atom is 0.319 e. The number of hydrogen-bond acceptors (Lipinski definition) is 3. The van der Waals surface area contributed by atoms with Crippen molar-refractivity contribution in [3.8, 4) is 0 Å². The van der Waals surface area contributed by atoms with Crippen LogP contribution in [-0.2, 0) is 0 Å². The van der Waals surface area contributed by atoms with Crippen molar-refractivity contribution in [2.24, 2.45) is 0 Å². The second kappa shape index (κ2) is 8.62. The van der Waals surface area contributed by atoms with Crippen LogP contribution in [0.4, 0.5) is 25.0 Å². The van der Waals surface area contributed by atoms with E-state index < -0.39 is 17.7 Å². The van der Waals surface area contributed by atoms with Gasteiger partial charge in [-0.2, -0.15) is 0 Å². The van der Waals surface area contributed by atoms with E-state index in [1.165, 1.54) is 11.8 Å². The summed E-state index contributed by atoms with van der Waals surface area (Å²) in [5.74, 6) is -1.47. The van der Waals surface area contributed by atoms with Gasteiger partial charge in [-0.1, -0.05) is 18.2 Å². The van der Waals surface area contributed by atoms with Crippen molar-refractivity contribution in [1.29, 1.82) is 0 Å². The molecule has 1 saturated heterocycles. The van der Waals surface area contributed by atoms with Crippen molar-refractivity contribution >= 4 is 17.4 Å². The molecule has 0 aromatic heterocycles. The van der Waals surface area contributed by atoms with Gasteiger partial charge in [0.1, 0.15) is 11.6 Å². The SMILES string of the molecule is O=C(NCCN1CCN(c2ccccc2)CC1)Nc1ccc(F)cc1F. The van der Waals surface area contributed by atoms with Crippen molar-refractivity contribution in [2.75, 3.05) is 49.5 Å². The summed E-state index contributed by atoms with van der Waals surface area (Å²) in [6.45, 7) is 4.91. The third kappa shape index (κ3) is 4.92. The average Bonchev–Trinajstić information content (AvgIpc) is 2.65. The normalized spacial score (nSPS) is 14.9. The lowest BCUT2D eigenvalue weighted by atomic mass is 10.2. The lowest BCUT2D eigenvalue weighted by Crippen LogP contribution is -2.48. The minimum Gasteiger partial charge on any atom is -0.369 e. The number of hydrogen-bond donors (Lipinski definition) is 2. The van der Waals surface area contributed by atoms with E-state index in [-0.39, 0.29) is 5.69 Å². The molecule has 0 aliphatic carbocycles. The highest BCUT2D eigenvalue weighted by Gasteiger charge is 2.17. The van der Waals surface area contributed by atoms with E-state index in [9.17, 15) is 13.6 Å². The number of nitrogens with zero attached hydrogens (tertiary/aromatic N) is 2. The molecule has 5 nitrogen and oxygen atoms in total. The Kier molecular flexibility index (Phi) is 6.01. The zero-order chi connectivity index (χ0) is 18.4. The maximum atomic E-state index is 13.5. The average molecular weight is 360 g/mol. The Morgan fingerprint density at radius 2 is 1.73 bits per heavy atom. The molecule has 2 amide bonds. The number of carbonyl (C=O) groups is 1. The van der Waals surface area contributed by atoms with E-state index in [0.29, 0.717) is 6.54 Å². The second-order valence-electron chi connectivity index (χ2n) is 6.17. The minimum absolute atomic E-state index is 0.0413. The number of rotatable bonds is 5. The van der Waals surface area contributed by atoms with Gasteiger partial charge in [0, 0.05) is 51.0 Å². The molecule has 1 aliphatic rings. The summed E-state index contributed by atoms with van der Waals surface area (Å²) in [6, 6.07) is 12.8. The quantitative estimate of drug-likeness (QED) is 0.862. The largest absolute Gasteiger partial charge is 0.369 e. The summed E-state index contributed by atoms with van der Waals surface area (Å²) in [5.41, 5.74) is 1.19. The molecule has 2 aromatic carbocycles. The second-order valence-corrected chi connectivity index (χ2v) is 6.17. The molecule has 26 heavy (non-hydrogen) atoms. The number of halogens is 2. The highest BCUT2D eigenvalue weighted by molar-refractivity contribution is 5.89. The number of carbonyl (C=O) groups excluding carboxylic acids is 1. The van der Waals surface area contributed by atoms with Crippen molar-refractivity contribution in [3.63, 3.8) is 0 Å². The third-order valence-corrected chi connectivity index (χ3v) is 4.39. The summed E-state index contributed by atoms with van der Waals surface area (Å²) in [4.78, 5) is 16.4. The van der Waals surface area contributed by atoms with E-state index in [4.69, 9.17) is 0 Å². The van der Waals surface area contributed by atoms with Crippen LogP contribution in [0.3, 0.4) is 0 Å². The van der Waals surface area contributed by atoms with Crippen LogP contribution < -0.4 is 15.5 Å². The highest BCUT2D eigenvalue weighted by atomic mass is 19.1. The topological polar surface area (TPSA) is 47.6 Å². The Morgan fingerprint density at radius 3 is 2.42 bits per heavy atom. The van der Waals surface area contributed by atoms with Gasteiger partial charge in [0.25, 0.3) is 0 Å². The molecule has 3 rings (SSSR count). The molecule has 0 atom stereocenters. The van der Waals surface area contributed by atoms with Crippen molar-refractivity contribution in [2.45, 2.75) is 0 Å².